The Morgan fingerprint density at radius 1 is 1.56 bits per heavy atom. The van der Waals surface area contributed by atoms with Gasteiger partial charge in [-0.25, -0.2) is 4.79 Å². The Kier molecular flexibility index (Phi) is 5.54. The van der Waals surface area contributed by atoms with Gasteiger partial charge in [-0.2, -0.15) is 0 Å². The third kappa shape index (κ3) is 2.88. The monoisotopic (exact) mass is 276 g/mol. The second kappa shape index (κ2) is 6.18. The molecule has 3 N–H and O–H groups in total. The maximum absolute atomic E-state index is 11.3. The molecule has 1 atom stereocenters. The molecule has 0 unspecified atom stereocenters. The van der Waals surface area contributed by atoms with E-state index in [1.54, 1.807) is 6.92 Å². The van der Waals surface area contributed by atoms with Crippen molar-refractivity contribution < 1.29 is 19.6 Å². The topological polar surface area (TPSA) is 116 Å². The molecule has 0 saturated carbocycles. The quantitative estimate of drug-likeness (QED) is 0.487. The van der Waals surface area contributed by atoms with Gasteiger partial charge in [-0.3, -0.25) is 10.1 Å². The van der Waals surface area contributed by atoms with Crippen LogP contribution in [0.1, 0.15) is 17.2 Å². The van der Waals surface area contributed by atoms with Crippen molar-refractivity contribution in [2.75, 3.05) is 7.11 Å². The number of methoxy groups -OCH3 is 1. The van der Waals surface area contributed by atoms with E-state index in [2.05, 4.69) is 4.74 Å². The summed E-state index contributed by atoms with van der Waals surface area (Å²) >= 11 is 0. The van der Waals surface area contributed by atoms with Crippen LogP contribution in [0.5, 0.6) is 5.75 Å². The first-order valence-electron chi connectivity index (χ1n) is 4.70. The zero-order valence-corrected chi connectivity index (χ0v) is 10.6. The van der Waals surface area contributed by atoms with Crippen molar-refractivity contribution in [3.63, 3.8) is 0 Å². The highest BCUT2D eigenvalue weighted by molar-refractivity contribution is 5.85. The number of benzene rings is 1. The Bertz CT molecular complexity index is 478. The zero-order valence-electron chi connectivity index (χ0n) is 9.75. The molecule has 1 rings (SSSR count). The van der Waals surface area contributed by atoms with E-state index in [4.69, 9.17) is 5.73 Å². The summed E-state index contributed by atoms with van der Waals surface area (Å²) in [6, 6.07) is 1.18. The molecule has 0 fully saturated rings. The number of nitrogens with zero attached hydrogens (tertiary/aromatic N) is 1. The van der Waals surface area contributed by atoms with Crippen LogP contribution in [-0.4, -0.2) is 23.1 Å². The lowest BCUT2D eigenvalue weighted by Crippen LogP contribution is -2.23. The van der Waals surface area contributed by atoms with Crippen LogP contribution >= 0.6 is 12.4 Å². The number of nitrogens with two attached hydrogens (primary N) is 1. The van der Waals surface area contributed by atoms with Crippen molar-refractivity contribution >= 4 is 24.1 Å². The molecule has 0 bridgehead atoms. The third-order valence-electron chi connectivity index (χ3n) is 2.36. The van der Waals surface area contributed by atoms with E-state index < -0.39 is 22.6 Å². The van der Waals surface area contributed by atoms with Crippen LogP contribution in [0.25, 0.3) is 0 Å². The second-order valence-electron chi connectivity index (χ2n) is 3.42. The lowest BCUT2D eigenvalue weighted by Gasteiger charge is -2.13. The van der Waals surface area contributed by atoms with Gasteiger partial charge in [0.2, 0.25) is 0 Å². The summed E-state index contributed by atoms with van der Waals surface area (Å²) in [6.45, 7) is 1.55. The third-order valence-corrected chi connectivity index (χ3v) is 2.36. The maximum Gasteiger partial charge on any atom is 0.327 e. The lowest BCUT2D eigenvalue weighted by atomic mass is 10.0. The van der Waals surface area contributed by atoms with Gasteiger partial charge in [0, 0.05) is 6.07 Å². The summed E-state index contributed by atoms with van der Waals surface area (Å²) < 4.78 is 4.40. The van der Waals surface area contributed by atoms with Crippen LogP contribution in [0.15, 0.2) is 12.1 Å². The number of halogens is 1. The molecule has 0 radical (unpaired) electrons. The minimum atomic E-state index is -1.39. The molecule has 0 aromatic heterocycles. The molecule has 0 amide bonds. The molecule has 0 aliphatic rings. The van der Waals surface area contributed by atoms with Crippen molar-refractivity contribution in [1.29, 1.82) is 0 Å². The molecular weight excluding hydrogens is 264 g/mol. The molecule has 18 heavy (non-hydrogen) atoms. The van der Waals surface area contributed by atoms with Gasteiger partial charge < -0.3 is 15.6 Å². The number of carbonyl (C=O) groups excluding carboxylic acids is 1. The first-order chi connectivity index (χ1) is 7.90. The Labute approximate surface area is 109 Å². The standard InChI is InChI=1S/C10H12N2O5.ClH/c1-5-3-4-6(12(15)16)7(9(5)13)8(11)10(14)17-2;/h3-4,8,13H,11H2,1-2H3;1H/t8-;/m0./s1. The largest absolute Gasteiger partial charge is 0.507 e. The predicted molar refractivity (Wildman–Crippen MR) is 65.7 cm³/mol. The van der Waals surface area contributed by atoms with Crippen LogP contribution < -0.4 is 5.73 Å². The summed E-state index contributed by atoms with van der Waals surface area (Å²) in [5.74, 6) is -1.22. The second-order valence-corrected chi connectivity index (χ2v) is 3.42. The minimum Gasteiger partial charge on any atom is -0.507 e. The minimum absolute atomic E-state index is 0. The molecule has 100 valence electrons. The van der Waals surface area contributed by atoms with Crippen LogP contribution in [0.4, 0.5) is 5.69 Å². The molecule has 1 aromatic rings. The fourth-order valence-electron chi connectivity index (χ4n) is 1.42. The summed E-state index contributed by atoms with van der Waals surface area (Å²) in [5, 5.41) is 20.5. The first kappa shape index (κ1) is 16.1. The van der Waals surface area contributed by atoms with Crippen LogP contribution in [0, 0.1) is 17.0 Å². The van der Waals surface area contributed by atoms with Crippen molar-refractivity contribution in [1.82, 2.24) is 0 Å². The summed E-state index contributed by atoms with van der Waals surface area (Å²) in [7, 11) is 1.11. The normalized spacial score (nSPS) is 11.3. The molecule has 8 heteroatoms. The first-order valence-corrected chi connectivity index (χ1v) is 4.70. The average Bonchev–Trinajstić information content (AvgIpc) is 2.30. The number of carbonyl (C=O) groups is 1. The highest BCUT2D eigenvalue weighted by Crippen LogP contribution is 2.35. The summed E-state index contributed by atoms with van der Waals surface area (Å²) in [5.41, 5.74) is 5.27. The molecule has 1 aromatic carbocycles. The number of hydrogen-bond donors (Lipinski definition) is 2. The van der Waals surface area contributed by atoms with Gasteiger partial charge in [0.25, 0.3) is 5.69 Å². The summed E-state index contributed by atoms with van der Waals surface area (Å²) in [4.78, 5) is 21.3. The van der Waals surface area contributed by atoms with Gasteiger partial charge >= 0.3 is 5.97 Å². The number of aromatic hydroxyl groups is 1. The highest BCUT2D eigenvalue weighted by Gasteiger charge is 2.29. The van der Waals surface area contributed by atoms with E-state index in [9.17, 15) is 20.0 Å². The van der Waals surface area contributed by atoms with Crippen molar-refractivity contribution in [3.05, 3.63) is 33.4 Å². The number of aryl methyl sites for hydroxylation is 1. The van der Waals surface area contributed by atoms with E-state index in [0.717, 1.165) is 7.11 Å². The summed E-state index contributed by atoms with van der Waals surface area (Å²) in [6.07, 6.45) is 0. The molecule has 0 spiro atoms. The molecule has 0 aliphatic carbocycles. The van der Waals surface area contributed by atoms with Gasteiger partial charge in [-0.1, -0.05) is 0 Å². The fraction of sp³-hybridized carbons (Fsp3) is 0.300. The highest BCUT2D eigenvalue weighted by atomic mass is 35.5. The molecule has 0 aliphatic heterocycles. The SMILES string of the molecule is COC(=O)[C@@H](N)c1c([N+](=O)[O-])ccc(C)c1O.Cl. The average molecular weight is 277 g/mol. The maximum atomic E-state index is 11.3. The fourth-order valence-corrected chi connectivity index (χ4v) is 1.42. The van der Waals surface area contributed by atoms with Gasteiger partial charge in [-0.05, 0) is 18.6 Å². The van der Waals surface area contributed by atoms with Crippen molar-refractivity contribution in [3.8, 4) is 5.75 Å². The number of nitro benzene ring substituents is 1. The molecular formula is C10H13ClN2O5. The van der Waals surface area contributed by atoms with E-state index in [1.807, 2.05) is 0 Å². The van der Waals surface area contributed by atoms with E-state index in [-0.39, 0.29) is 23.7 Å². The number of phenolic OH excluding ortho intramolecular Hbond substituents is 1. The van der Waals surface area contributed by atoms with Crippen LogP contribution in [0.2, 0.25) is 0 Å². The van der Waals surface area contributed by atoms with Crippen LogP contribution in [0.3, 0.4) is 0 Å². The number of rotatable bonds is 3. The molecule has 0 saturated heterocycles. The number of ether oxygens (including phenoxy) is 1. The smallest absolute Gasteiger partial charge is 0.327 e. The van der Waals surface area contributed by atoms with Gasteiger partial charge in [-0.15, -0.1) is 12.4 Å². The molecule has 0 heterocycles. The lowest BCUT2D eigenvalue weighted by molar-refractivity contribution is -0.385. The number of hydrogen-bond acceptors (Lipinski definition) is 6. The number of esters is 1. The van der Waals surface area contributed by atoms with Gasteiger partial charge in [0.1, 0.15) is 11.8 Å². The van der Waals surface area contributed by atoms with Crippen molar-refractivity contribution in [2.45, 2.75) is 13.0 Å². The Hall–Kier alpha value is -1.86. The van der Waals surface area contributed by atoms with Gasteiger partial charge in [0.05, 0.1) is 17.6 Å². The zero-order chi connectivity index (χ0) is 13.2. The van der Waals surface area contributed by atoms with E-state index >= 15 is 0 Å². The Morgan fingerprint density at radius 3 is 2.56 bits per heavy atom. The van der Waals surface area contributed by atoms with Gasteiger partial charge in [0.15, 0.2) is 0 Å². The predicted octanol–water partition coefficient (Wildman–Crippen LogP) is 1.20. The number of nitro groups is 1. The van der Waals surface area contributed by atoms with Crippen molar-refractivity contribution in [2.24, 2.45) is 5.73 Å². The van der Waals surface area contributed by atoms with E-state index in [0.29, 0.717) is 5.56 Å². The Morgan fingerprint density at radius 2 is 2.11 bits per heavy atom. The Balaban J connectivity index is 0.00000289. The number of phenols is 1. The molecule has 7 nitrogen and oxygen atoms in total. The van der Waals surface area contributed by atoms with Crippen LogP contribution in [-0.2, 0) is 9.53 Å². The van der Waals surface area contributed by atoms with E-state index in [1.165, 1.54) is 12.1 Å².